The van der Waals surface area contributed by atoms with Gasteiger partial charge in [-0.05, 0) is 71.3 Å². The Morgan fingerprint density at radius 2 is 1.86 bits per heavy atom. The van der Waals surface area contributed by atoms with Gasteiger partial charge >= 0.3 is 6.09 Å². The third-order valence-electron chi connectivity index (χ3n) is 6.11. The Kier molecular flexibility index (Phi) is 7.95. The van der Waals surface area contributed by atoms with E-state index in [2.05, 4.69) is 30.5 Å². The molecule has 1 aliphatic heterocycles. The SMILES string of the molecule is Cc1cnc2ccc(=O)n(CCN3CCC(NCc4cnc(NC(=O)OC(C)(C)C)cn4)CC3)c2c1. The molecule has 3 aromatic heterocycles. The number of aromatic nitrogens is 4. The van der Waals surface area contributed by atoms with Crippen molar-refractivity contribution in [2.24, 2.45) is 0 Å². The highest BCUT2D eigenvalue weighted by atomic mass is 16.6. The first kappa shape index (κ1) is 25.7. The van der Waals surface area contributed by atoms with Gasteiger partial charge < -0.3 is 19.5 Å². The highest BCUT2D eigenvalue weighted by Crippen LogP contribution is 2.14. The monoisotopic (exact) mass is 493 g/mol. The highest BCUT2D eigenvalue weighted by Gasteiger charge is 2.20. The fraction of sp³-hybridized carbons (Fsp3) is 0.500. The van der Waals surface area contributed by atoms with Gasteiger partial charge in [-0.3, -0.25) is 20.1 Å². The molecule has 3 aromatic rings. The Labute approximate surface area is 211 Å². The van der Waals surface area contributed by atoms with E-state index in [4.69, 9.17) is 4.74 Å². The van der Waals surface area contributed by atoms with Crippen LogP contribution in [0.15, 0.2) is 41.6 Å². The number of nitrogens with zero attached hydrogens (tertiary/aromatic N) is 5. The number of fused-ring (bicyclic) bond motifs is 1. The first-order chi connectivity index (χ1) is 17.2. The summed E-state index contributed by atoms with van der Waals surface area (Å²) in [5.74, 6) is 0.359. The van der Waals surface area contributed by atoms with E-state index >= 15 is 0 Å². The van der Waals surface area contributed by atoms with Crippen LogP contribution in [0.4, 0.5) is 10.6 Å². The predicted octanol–water partition coefficient (Wildman–Crippen LogP) is 3.10. The van der Waals surface area contributed by atoms with E-state index in [1.165, 1.54) is 6.20 Å². The average Bonchev–Trinajstić information content (AvgIpc) is 2.82. The van der Waals surface area contributed by atoms with Crippen LogP contribution in [0.25, 0.3) is 11.0 Å². The van der Waals surface area contributed by atoms with Gasteiger partial charge in [0.2, 0.25) is 0 Å². The van der Waals surface area contributed by atoms with E-state index in [1.807, 2.05) is 44.5 Å². The second-order valence-electron chi connectivity index (χ2n) is 10.3. The number of nitrogens with one attached hydrogen (secondary N) is 2. The number of amides is 1. The highest BCUT2D eigenvalue weighted by molar-refractivity contribution is 5.83. The quantitative estimate of drug-likeness (QED) is 0.516. The van der Waals surface area contributed by atoms with E-state index in [9.17, 15) is 9.59 Å². The first-order valence-corrected chi connectivity index (χ1v) is 12.4. The van der Waals surface area contributed by atoms with Crippen molar-refractivity contribution in [2.45, 2.75) is 65.3 Å². The number of carbonyl (C=O) groups excluding carboxylic acids is 1. The lowest BCUT2D eigenvalue weighted by molar-refractivity contribution is 0.0635. The summed E-state index contributed by atoms with van der Waals surface area (Å²) >= 11 is 0. The molecule has 0 atom stereocenters. The molecule has 0 spiro atoms. The maximum absolute atomic E-state index is 12.5. The molecule has 36 heavy (non-hydrogen) atoms. The molecule has 1 saturated heterocycles. The van der Waals surface area contributed by atoms with Gasteiger partial charge in [0.15, 0.2) is 5.82 Å². The van der Waals surface area contributed by atoms with E-state index in [0.29, 0.717) is 24.9 Å². The normalized spacial score (nSPS) is 15.2. The van der Waals surface area contributed by atoms with Crippen LogP contribution in [0.5, 0.6) is 0 Å². The van der Waals surface area contributed by atoms with E-state index in [-0.39, 0.29) is 5.56 Å². The summed E-state index contributed by atoms with van der Waals surface area (Å²) in [6, 6.07) is 5.82. The molecule has 1 aliphatic rings. The number of hydrogen-bond donors (Lipinski definition) is 2. The van der Waals surface area contributed by atoms with Crippen LogP contribution in [0.1, 0.15) is 44.9 Å². The summed E-state index contributed by atoms with van der Waals surface area (Å²) in [5, 5.41) is 6.15. The van der Waals surface area contributed by atoms with Crippen molar-refractivity contribution in [1.29, 1.82) is 0 Å². The summed E-state index contributed by atoms with van der Waals surface area (Å²) in [7, 11) is 0. The lowest BCUT2D eigenvalue weighted by atomic mass is 10.0. The molecule has 4 heterocycles. The van der Waals surface area contributed by atoms with Gasteiger partial charge in [0.25, 0.3) is 5.56 Å². The number of anilines is 1. The zero-order valence-electron chi connectivity index (χ0n) is 21.5. The Morgan fingerprint density at radius 3 is 2.56 bits per heavy atom. The maximum Gasteiger partial charge on any atom is 0.413 e. The molecule has 0 saturated carbocycles. The van der Waals surface area contributed by atoms with E-state index in [0.717, 1.165) is 54.8 Å². The van der Waals surface area contributed by atoms with Gasteiger partial charge in [0.05, 0.1) is 29.1 Å². The minimum Gasteiger partial charge on any atom is -0.444 e. The van der Waals surface area contributed by atoms with Crippen molar-refractivity contribution in [3.63, 3.8) is 0 Å². The lowest BCUT2D eigenvalue weighted by Crippen LogP contribution is -2.43. The van der Waals surface area contributed by atoms with Crippen LogP contribution in [0.2, 0.25) is 0 Å². The number of piperidine rings is 1. The lowest BCUT2D eigenvalue weighted by Gasteiger charge is -2.32. The van der Waals surface area contributed by atoms with Crippen molar-refractivity contribution in [3.8, 4) is 0 Å². The molecule has 0 unspecified atom stereocenters. The van der Waals surface area contributed by atoms with Crippen molar-refractivity contribution < 1.29 is 9.53 Å². The molecule has 1 fully saturated rings. The number of ether oxygens (including phenoxy) is 1. The number of hydrogen-bond acceptors (Lipinski definition) is 8. The van der Waals surface area contributed by atoms with Gasteiger partial charge in [-0.1, -0.05) is 0 Å². The third-order valence-corrected chi connectivity index (χ3v) is 6.11. The van der Waals surface area contributed by atoms with E-state index < -0.39 is 11.7 Å². The molecule has 2 N–H and O–H groups in total. The van der Waals surface area contributed by atoms with Crippen LogP contribution in [0, 0.1) is 6.92 Å². The second-order valence-corrected chi connectivity index (χ2v) is 10.3. The van der Waals surface area contributed by atoms with Crippen LogP contribution in [0.3, 0.4) is 0 Å². The van der Waals surface area contributed by atoms with Gasteiger partial charge in [-0.25, -0.2) is 9.78 Å². The fourth-order valence-electron chi connectivity index (χ4n) is 4.27. The first-order valence-electron chi connectivity index (χ1n) is 12.4. The minimum absolute atomic E-state index is 0.0138. The smallest absolute Gasteiger partial charge is 0.413 e. The molecule has 10 nitrogen and oxygen atoms in total. The van der Waals surface area contributed by atoms with Crippen LogP contribution in [-0.2, 0) is 17.8 Å². The standard InChI is InChI=1S/C26H35N7O3/c1-18-13-22-21(29-14-18)5-6-24(34)33(22)12-11-32-9-7-19(8-10-32)27-15-20-16-30-23(17-28-20)31-25(35)36-26(2,3)4/h5-6,13-14,16-17,19,27H,7-12,15H2,1-4H3,(H,30,31,35). The maximum atomic E-state index is 12.5. The molecule has 10 heteroatoms. The molecule has 4 rings (SSSR count). The molecule has 0 bridgehead atoms. The third kappa shape index (κ3) is 7.08. The molecule has 0 radical (unpaired) electrons. The minimum atomic E-state index is -0.568. The molecular weight excluding hydrogens is 458 g/mol. The predicted molar refractivity (Wildman–Crippen MR) is 139 cm³/mol. The van der Waals surface area contributed by atoms with E-state index in [1.54, 1.807) is 18.3 Å². The fourth-order valence-corrected chi connectivity index (χ4v) is 4.27. The summed E-state index contributed by atoms with van der Waals surface area (Å²) in [5.41, 5.74) is 3.05. The van der Waals surface area contributed by atoms with Crippen molar-refractivity contribution in [2.75, 3.05) is 25.0 Å². The van der Waals surface area contributed by atoms with Gasteiger partial charge in [-0.15, -0.1) is 0 Å². The summed E-state index contributed by atoms with van der Waals surface area (Å²) in [4.78, 5) is 39.8. The van der Waals surface area contributed by atoms with Crippen LogP contribution in [-0.4, -0.2) is 61.8 Å². The van der Waals surface area contributed by atoms with Crippen molar-refractivity contribution >= 4 is 22.9 Å². The zero-order chi connectivity index (χ0) is 25.7. The van der Waals surface area contributed by atoms with Crippen molar-refractivity contribution in [1.82, 2.24) is 29.7 Å². The molecule has 192 valence electrons. The van der Waals surface area contributed by atoms with Gasteiger partial charge in [0.1, 0.15) is 5.60 Å². The molecule has 0 aliphatic carbocycles. The Balaban J connectivity index is 1.21. The number of carbonyl (C=O) groups is 1. The van der Waals surface area contributed by atoms with Gasteiger partial charge in [0, 0.05) is 37.9 Å². The Morgan fingerprint density at radius 1 is 1.08 bits per heavy atom. The number of aryl methyl sites for hydroxylation is 1. The average molecular weight is 494 g/mol. The summed E-state index contributed by atoms with van der Waals surface area (Å²) in [6.45, 7) is 11.5. The molecule has 0 aromatic carbocycles. The Bertz CT molecular complexity index is 1240. The Hall–Kier alpha value is -3.37. The summed E-state index contributed by atoms with van der Waals surface area (Å²) in [6.07, 6.45) is 6.53. The topological polar surface area (TPSA) is 114 Å². The number of likely N-dealkylation sites (tertiary alicyclic amines) is 1. The van der Waals surface area contributed by atoms with Crippen LogP contribution < -0.4 is 16.2 Å². The molecular formula is C26H35N7O3. The molecule has 1 amide bonds. The van der Waals surface area contributed by atoms with Crippen LogP contribution >= 0.6 is 0 Å². The largest absolute Gasteiger partial charge is 0.444 e. The van der Waals surface area contributed by atoms with Crippen molar-refractivity contribution in [3.05, 3.63) is 58.4 Å². The van der Waals surface area contributed by atoms with Gasteiger partial charge in [-0.2, -0.15) is 0 Å². The number of pyridine rings is 2. The number of rotatable bonds is 7. The zero-order valence-corrected chi connectivity index (χ0v) is 21.5. The second kappa shape index (κ2) is 11.1. The summed E-state index contributed by atoms with van der Waals surface area (Å²) < 4.78 is 7.06.